The van der Waals surface area contributed by atoms with Crippen LogP contribution in [0.15, 0.2) is 0 Å². The zero-order valence-electron chi connectivity index (χ0n) is 13.0. The first-order chi connectivity index (χ1) is 8.18. The summed E-state index contributed by atoms with van der Waals surface area (Å²) in [6.45, 7) is 19.7. The zero-order chi connectivity index (χ0) is 14.0. The molecule has 0 amide bonds. The molecule has 104 valence electrons. The van der Waals surface area contributed by atoms with Crippen molar-refractivity contribution in [2.24, 2.45) is 5.92 Å². The molecular weight excluding hydrogens is 238 g/mol. The van der Waals surface area contributed by atoms with Gasteiger partial charge < -0.3 is 4.57 Å². The van der Waals surface area contributed by atoms with Crippen LogP contribution < -0.4 is 0 Å². The highest BCUT2D eigenvalue weighted by Crippen LogP contribution is 2.38. The van der Waals surface area contributed by atoms with E-state index < -0.39 is 8.24 Å². The minimum Gasteiger partial charge on any atom is -0.321 e. The summed E-state index contributed by atoms with van der Waals surface area (Å²) in [6, 6.07) is 2.33. The maximum absolute atomic E-state index is 8.87. The quantitative estimate of drug-likeness (QED) is 0.737. The van der Waals surface area contributed by atoms with E-state index in [1.807, 2.05) is 6.92 Å². The Bertz CT molecular complexity index is 306. The first kappa shape index (κ1) is 15.7. The van der Waals surface area contributed by atoms with Crippen molar-refractivity contribution in [2.45, 2.75) is 45.8 Å². The van der Waals surface area contributed by atoms with E-state index in [4.69, 9.17) is 5.26 Å². The summed E-state index contributed by atoms with van der Waals surface area (Å²) in [5, 5.41) is 9.30. The fourth-order valence-electron chi connectivity index (χ4n) is 2.39. The maximum Gasteiger partial charge on any atom is 0.127 e. The topological polar surface area (TPSA) is 30.3 Å². The molecule has 0 N–H and O–H groups in total. The van der Waals surface area contributed by atoms with Crippen molar-refractivity contribution in [1.29, 1.82) is 5.26 Å². The van der Waals surface area contributed by atoms with Gasteiger partial charge in [-0.05, 0) is 12.0 Å². The average molecular weight is 267 g/mol. The lowest BCUT2D eigenvalue weighted by molar-refractivity contribution is 0.170. The first-order valence-electron chi connectivity index (χ1n) is 7.05. The third-order valence-electron chi connectivity index (χ3n) is 4.75. The van der Waals surface area contributed by atoms with Crippen molar-refractivity contribution in [3.63, 3.8) is 0 Å². The molecule has 1 aliphatic heterocycles. The van der Waals surface area contributed by atoms with Crippen molar-refractivity contribution in [3.05, 3.63) is 0 Å². The van der Waals surface area contributed by atoms with Crippen molar-refractivity contribution in [3.8, 4) is 6.07 Å². The average Bonchev–Trinajstić information content (AvgIpc) is 2.28. The fourth-order valence-corrected chi connectivity index (χ4v) is 4.66. The summed E-state index contributed by atoms with van der Waals surface area (Å²) >= 11 is 0. The van der Waals surface area contributed by atoms with Gasteiger partial charge in [-0.3, -0.25) is 4.90 Å². The molecule has 1 unspecified atom stereocenters. The zero-order valence-corrected chi connectivity index (χ0v) is 14.0. The van der Waals surface area contributed by atoms with Gasteiger partial charge in [0.05, 0.1) is 12.0 Å². The normalized spacial score (nSPS) is 21.6. The van der Waals surface area contributed by atoms with Crippen LogP contribution in [-0.4, -0.2) is 50.4 Å². The third-order valence-corrected chi connectivity index (χ3v) is 10.4. The molecule has 0 bridgehead atoms. The van der Waals surface area contributed by atoms with Gasteiger partial charge in [0.2, 0.25) is 0 Å². The summed E-state index contributed by atoms with van der Waals surface area (Å²) in [7, 11) is -1.34. The highest BCUT2D eigenvalue weighted by Gasteiger charge is 2.41. The molecule has 1 fully saturated rings. The molecule has 0 spiro atoms. The lowest BCUT2D eigenvalue weighted by Gasteiger charge is -2.49. The molecular formula is C14H29N3Si. The standard InChI is InChI=1S/C14H29N3Si/c1-13(11-15)12-16-7-9-17(10-8-16)18(5,6)14(2,3)4/h13H,7-10,12H2,1-6H3. The van der Waals surface area contributed by atoms with Gasteiger partial charge in [0.15, 0.2) is 0 Å². The fraction of sp³-hybridized carbons (Fsp3) is 0.929. The molecule has 1 saturated heterocycles. The molecule has 0 aromatic rings. The van der Waals surface area contributed by atoms with E-state index in [2.05, 4.69) is 49.4 Å². The number of rotatable bonds is 3. The van der Waals surface area contributed by atoms with Crippen LogP contribution >= 0.6 is 0 Å². The Morgan fingerprint density at radius 2 is 1.67 bits per heavy atom. The second kappa shape index (κ2) is 5.73. The van der Waals surface area contributed by atoms with E-state index >= 15 is 0 Å². The number of piperazine rings is 1. The first-order valence-corrected chi connectivity index (χ1v) is 10.00. The van der Waals surface area contributed by atoms with Crippen molar-refractivity contribution >= 4 is 8.24 Å². The van der Waals surface area contributed by atoms with Crippen LogP contribution in [0.25, 0.3) is 0 Å². The molecule has 18 heavy (non-hydrogen) atoms. The Kier molecular flexibility index (Phi) is 4.99. The van der Waals surface area contributed by atoms with Crippen molar-refractivity contribution in [2.75, 3.05) is 32.7 Å². The Morgan fingerprint density at radius 3 is 2.06 bits per heavy atom. The summed E-state index contributed by atoms with van der Waals surface area (Å²) in [6.07, 6.45) is 0. The monoisotopic (exact) mass is 267 g/mol. The largest absolute Gasteiger partial charge is 0.321 e. The molecule has 1 atom stereocenters. The summed E-state index contributed by atoms with van der Waals surface area (Å²) in [4.78, 5) is 2.44. The van der Waals surface area contributed by atoms with E-state index in [0.717, 1.165) is 19.6 Å². The molecule has 0 aromatic carbocycles. The van der Waals surface area contributed by atoms with Crippen LogP contribution in [-0.2, 0) is 0 Å². The summed E-state index contributed by atoms with van der Waals surface area (Å²) < 4.78 is 2.74. The van der Waals surface area contributed by atoms with E-state index in [-0.39, 0.29) is 5.92 Å². The smallest absolute Gasteiger partial charge is 0.127 e. The van der Waals surface area contributed by atoms with Gasteiger partial charge in [0.25, 0.3) is 0 Å². The third kappa shape index (κ3) is 3.56. The number of hydrogen-bond acceptors (Lipinski definition) is 3. The van der Waals surface area contributed by atoms with Crippen LogP contribution in [0, 0.1) is 17.2 Å². The number of nitriles is 1. The SMILES string of the molecule is CC(C#N)CN1CCN([Si](C)(C)C(C)(C)C)CC1. The second-order valence-electron chi connectivity index (χ2n) is 7.13. The summed E-state index contributed by atoms with van der Waals surface area (Å²) in [5.74, 6) is 0.157. The highest BCUT2D eigenvalue weighted by molar-refractivity contribution is 6.77. The van der Waals surface area contributed by atoms with Gasteiger partial charge in [-0.1, -0.05) is 33.9 Å². The van der Waals surface area contributed by atoms with Gasteiger partial charge in [-0.25, -0.2) is 0 Å². The Balaban J connectivity index is 2.52. The van der Waals surface area contributed by atoms with Crippen LogP contribution in [0.1, 0.15) is 27.7 Å². The Labute approximate surface area is 114 Å². The molecule has 1 rings (SSSR count). The van der Waals surface area contributed by atoms with Crippen LogP contribution in [0.4, 0.5) is 0 Å². The predicted molar refractivity (Wildman–Crippen MR) is 80.0 cm³/mol. The molecule has 1 aliphatic rings. The molecule has 0 radical (unpaired) electrons. The molecule has 0 aromatic heterocycles. The van der Waals surface area contributed by atoms with E-state index in [0.29, 0.717) is 5.04 Å². The van der Waals surface area contributed by atoms with Gasteiger partial charge in [0, 0.05) is 32.7 Å². The molecule has 4 heteroatoms. The van der Waals surface area contributed by atoms with Gasteiger partial charge in [-0.2, -0.15) is 5.26 Å². The second-order valence-corrected chi connectivity index (χ2v) is 12.4. The Morgan fingerprint density at radius 1 is 1.17 bits per heavy atom. The van der Waals surface area contributed by atoms with Gasteiger partial charge >= 0.3 is 0 Å². The number of hydrogen-bond donors (Lipinski definition) is 0. The van der Waals surface area contributed by atoms with Gasteiger partial charge in [0.1, 0.15) is 8.24 Å². The summed E-state index contributed by atoms with van der Waals surface area (Å²) in [5.41, 5.74) is 0. The highest BCUT2D eigenvalue weighted by atomic mass is 28.3. The van der Waals surface area contributed by atoms with Crippen LogP contribution in [0.2, 0.25) is 18.1 Å². The minimum absolute atomic E-state index is 0.157. The van der Waals surface area contributed by atoms with Crippen LogP contribution in [0.5, 0.6) is 0 Å². The maximum atomic E-state index is 8.87. The van der Waals surface area contributed by atoms with Gasteiger partial charge in [-0.15, -0.1) is 0 Å². The molecule has 1 heterocycles. The minimum atomic E-state index is -1.34. The van der Waals surface area contributed by atoms with Crippen LogP contribution in [0.3, 0.4) is 0 Å². The van der Waals surface area contributed by atoms with Crippen molar-refractivity contribution < 1.29 is 0 Å². The Hall–Kier alpha value is -0.373. The number of nitrogens with zero attached hydrogens (tertiary/aromatic N) is 3. The van der Waals surface area contributed by atoms with Crippen molar-refractivity contribution in [1.82, 2.24) is 9.47 Å². The lowest BCUT2D eigenvalue weighted by Crippen LogP contribution is -2.61. The van der Waals surface area contributed by atoms with E-state index in [1.54, 1.807) is 0 Å². The molecule has 0 saturated carbocycles. The molecule has 3 nitrogen and oxygen atoms in total. The van der Waals surface area contributed by atoms with E-state index in [1.165, 1.54) is 13.1 Å². The lowest BCUT2D eigenvalue weighted by atomic mass is 10.2. The van der Waals surface area contributed by atoms with E-state index in [9.17, 15) is 0 Å². The molecule has 0 aliphatic carbocycles. The predicted octanol–water partition coefficient (Wildman–Crippen LogP) is 2.77.